The standard InChI is InChI=1S/C33H61N5O7/c1-3-5-7-9-11-15-23-34-29(40)21-25-36-28(39)18-14-13-17-27(38-31(42)19-20-32(43)44)33(45)37-26-22-30(41)35-24-16-12-10-8-6-4-2/h27H,3-26H2,1-2H3,(H,34,40)(H,35,41)(H,36,39)(H,37,45)(H,38,42)(H,43,44)/t27-/m0/s1. The summed E-state index contributed by atoms with van der Waals surface area (Å²) in [6, 6.07) is -0.907. The highest BCUT2D eigenvalue weighted by Crippen LogP contribution is 2.07. The molecule has 0 radical (unpaired) electrons. The van der Waals surface area contributed by atoms with Crippen LogP contribution in [0.1, 0.15) is 142 Å². The first-order chi connectivity index (χ1) is 21.7. The van der Waals surface area contributed by atoms with Crippen LogP contribution >= 0.6 is 0 Å². The molecule has 6 N–H and O–H groups in total. The van der Waals surface area contributed by atoms with E-state index in [0.29, 0.717) is 25.9 Å². The normalized spacial score (nSPS) is 11.3. The van der Waals surface area contributed by atoms with Gasteiger partial charge in [-0.15, -0.1) is 0 Å². The summed E-state index contributed by atoms with van der Waals surface area (Å²) in [6.07, 6.45) is 14.8. The van der Waals surface area contributed by atoms with Gasteiger partial charge in [0.2, 0.25) is 29.5 Å². The van der Waals surface area contributed by atoms with Gasteiger partial charge in [-0.3, -0.25) is 28.8 Å². The molecule has 5 amide bonds. The van der Waals surface area contributed by atoms with Crippen LogP contribution in [0.15, 0.2) is 0 Å². The lowest BCUT2D eigenvalue weighted by atomic mass is 10.1. The lowest BCUT2D eigenvalue weighted by molar-refractivity contribution is -0.139. The summed E-state index contributed by atoms with van der Waals surface area (Å²) in [5, 5.41) is 22.6. The number of rotatable bonds is 30. The van der Waals surface area contributed by atoms with Crippen LogP contribution in [-0.2, 0) is 28.8 Å². The van der Waals surface area contributed by atoms with Crippen molar-refractivity contribution in [1.82, 2.24) is 26.6 Å². The van der Waals surface area contributed by atoms with Gasteiger partial charge in [-0.05, 0) is 25.7 Å². The zero-order chi connectivity index (χ0) is 33.5. The number of aliphatic carboxylic acids is 1. The molecule has 12 nitrogen and oxygen atoms in total. The number of nitrogens with one attached hydrogen (secondary N) is 5. The number of carboxylic acids is 1. The van der Waals surface area contributed by atoms with Gasteiger partial charge in [0.05, 0.1) is 6.42 Å². The van der Waals surface area contributed by atoms with Crippen molar-refractivity contribution in [3.8, 4) is 0 Å². The summed E-state index contributed by atoms with van der Waals surface area (Å²) in [7, 11) is 0. The maximum absolute atomic E-state index is 12.8. The highest BCUT2D eigenvalue weighted by molar-refractivity contribution is 5.89. The zero-order valence-electron chi connectivity index (χ0n) is 27.9. The van der Waals surface area contributed by atoms with Crippen LogP contribution in [0.2, 0.25) is 0 Å². The Kier molecular flexibility index (Phi) is 27.4. The fourth-order valence-corrected chi connectivity index (χ4v) is 4.66. The molecule has 0 aliphatic heterocycles. The van der Waals surface area contributed by atoms with E-state index < -0.39 is 23.8 Å². The molecular weight excluding hydrogens is 578 g/mol. The van der Waals surface area contributed by atoms with E-state index in [9.17, 15) is 28.8 Å². The molecule has 0 spiro atoms. The van der Waals surface area contributed by atoms with Crippen molar-refractivity contribution >= 4 is 35.5 Å². The second-order valence-electron chi connectivity index (χ2n) is 11.6. The van der Waals surface area contributed by atoms with E-state index >= 15 is 0 Å². The van der Waals surface area contributed by atoms with Crippen LogP contribution in [0.25, 0.3) is 0 Å². The lowest BCUT2D eigenvalue weighted by Crippen LogP contribution is -2.47. The number of amides is 5. The average molecular weight is 640 g/mol. The summed E-state index contributed by atoms with van der Waals surface area (Å²) in [5.74, 6) is -2.57. The minimum absolute atomic E-state index is 0.0911. The third-order valence-corrected chi connectivity index (χ3v) is 7.39. The predicted octanol–water partition coefficient (Wildman–Crippen LogP) is 3.86. The SMILES string of the molecule is CCCCCCCCNC(=O)CCNC(=O)CCCC[C@H](NC(=O)CCC(=O)O)C(=O)NCCC(=O)NCCCCCCCC. The molecule has 45 heavy (non-hydrogen) atoms. The van der Waals surface area contributed by atoms with E-state index in [-0.39, 0.29) is 69.3 Å². The minimum atomic E-state index is -1.11. The Morgan fingerprint density at radius 3 is 1.47 bits per heavy atom. The van der Waals surface area contributed by atoms with Crippen LogP contribution in [0, 0.1) is 0 Å². The quantitative estimate of drug-likeness (QED) is 0.0645. The van der Waals surface area contributed by atoms with Gasteiger partial charge in [0, 0.05) is 51.9 Å². The Balaban J connectivity index is 4.34. The molecule has 0 aliphatic carbocycles. The summed E-state index contributed by atoms with van der Waals surface area (Å²) >= 11 is 0. The molecule has 12 heteroatoms. The van der Waals surface area contributed by atoms with Gasteiger partial charge >= 0.3 is 5.97 Å². The monoisotopic (exact) mass is 639 g/mol. The Bertz CT molecular complexity index is 853. The van der Waals surface area contributed by atoms with Gasteiger partial charge < -0.3 is 31.7 Å². The first kappa shape index (κ1) is 41.8. The number of carbonyl (C=O) groups is 6. The molecule has 0 heterocycles. The highest BCUT2D eigenvalue weighted by Gasteiger charge is 2.21. The molecular formula is C33H61N5O7. The van der Waals surface area contributed by atoms with Crippen LogP contribution in [0.3, 0.4) is 0 Å². The summed E-state index contributed by atoms with van der Waals surface area (Å²) in [5.41, 5.74) is 0. The molecule has 260 valence electrons. The summed E-state index contributed by atoms with van der Waals surface area (Å²) < 4.78 is 0. The summed E-state index contributed by atoms with van der Waals surface area (Å²) in [6.45, 7) is 5.94. The van der Waals surface area contributed by atoms with Crippen molar-refractivity contribution in [2.24, 2.45) is 0 Å². The van der Waals surface area contributed by atoms with Gasteiger partial charge in [0.15, 0.2) is 0 Å². The van der Waals surface area contributed by atoms with E-state index in [1.807, 2.05) is 0 Å². The average Bonchev–Trinajstić information content (AvgIpc) is 3.00. The third-order valence-electron chi connectivity index (χ3n) is 7.39. The third kappa shape index (κ3) is 28.1. The summed E-state index contributed by atoms with van der Waals surface area (Å²) in [4.78, 5) is 72.0. The topological polar surface area (TPSA) is 183 Å². The molecule has 0 unspecified atom stereocenters. The number of hydrogen-bond donors (Lipinski definition) is 6. The maximum atomic E-state index is 12.8. The van der Waals surface area contributed by atoms with Crippen LogP contribution in [0.5, 0.6) is 0 Å². The van der Waals surface area contributed by atoms with Gasteiger partial charge in [-0.1, -0.05) is 84.5 Å². The van der Waals surface area contributed by atoms with Crippen molar-refractivity contribution in [2.75, 3.05) is 26.2 Å². The van der Waals surface area contributed by atoms with Gasteiger partial charge in [-0.25, -0.2) is 0 Å². The Hall–Kier alpha value is -3.18. The molecule has 0 fully saturated rings. The van der Waals surface area contributed by atoms with Crippen molar-refractivity contribution in [2.45, 2.75) is 148 Å². The van der Waals surface area contributed by atoms with E-state index in [4.69, 9.17) is 5.11 Å². The number of hydrogen-bond acceptors (Lipinski definition) is 6. The van der Waals surface area contributed by atoms with Gasteiger partial charge in [0.25, 0.3) is 0 Å². The van der Waals surface area contributed by atoms with Crippen LogP contribution in [-0.4, -0.2) is 72.8 Å². The minimum Gasteiger partial charge on any atom is -0.481 e. The lowest BCUT2D eigenvalue weighted by Gasteiger charge is -2.18. The second-order valence-corrected chi connectivity index (χ2v) is 11.6. The Morgan fingerprint density at radius 1 is 0.467 bits per heavy atom. The Morgan fingerprint density at radius 2 is 0.933 bits per heavy atom. The fourth-order valence-electron chi connectivity index (χ4n) is 4.66. The van der Waals surface area contributed by atoms with Crippen molar-refractivity contribution in [3.05, 3.63) is 0 Å². The second kappa shape index (κ2) is 29.5. The van der Waals surface area contributed by atoms with Gasteiger partial charge in [0.1, 0.15) is 6.04 Å². The first-order valence-electron chi connectivity index (χ1n) is 17.3. The molecule has 0 bridgehead atoms. The van der Waals surface area contributed by atoms with E-state index in [1.165, 1.54) is 44.9 Å². The first-order valence-corrected chi connectivity index (χ1v) is 17.3. The molecule has 0 aromatic carbocycles. The van der Waals surface area contributed by atoms with Crippen molar-refractivity contribution in [3.63, 3.8) is 0 Å². The van der Waals surface area contributed by atoms with E-state index in [0.717, 1.165) is 32.1 Å². The zero-order valence-corrected chi connectivity index (χ0v) is 27.9. The Labute approximate surface area is 270 Å². The van der Waals surface area contributed by atoms with Gasteiger partial charge in [-0.2, -0.15) is 0 Å². The maximum Gasteiger partial charge on any atom is 0.303 e. The molecule has 0 saturated carbocycles. The molecule has 1 atom stereocenters. The number of unbranched alkanes of at least 4 members (excludes halogenated alkanes) is 11. The fraction of sp³-hybridized carbons (Fsp3) is 0.818. The van der Waals surface area contributed by atoms with E-state index in [2.05, 4.69) is 40.4 Å². The molecule has 0 aromatic heterocycles. The van der Waals surface area contributed by atoms with Crippen LogP contribution in [0.4, 0.5) is 0 Å². The molecule has 0 aromatic rings. The highest BCUT2D eigenvalue weighted by atomic mass is 16.4. The smallest absolute Gasteiger partial charge is 0.303 e. The predicted molar refractivity (Wildman–Crippen MR) is 175 cm³/mol. The molecule has 0 saturated heterocycles. The van der Waals surface area contributed by atoms with Crippen molar-refractivity contribution in [1.29, 1.82) is 0 Å². The van der Waals surface area contributed by atoms with E-state index in [1.54, 1.807) is 0 Å². The largest absolute Gasteiger partial charge is 0.481 e. The number of carbonyl (C=O) groups excluding carboxylic acids is 5. The molecule has 0 aliphatic rings. The molecule has 0 rings (SSSR count). The van der Waals surface area contributed by atoms with Crippen molar-refractivity contribution < 1.29 is 33.9 Å². The number of carboxylic acid groups (broad SMARTS) is 1. The van der Waals surface area contributed by atoms with Crippen LogP contribution < -0.4 is 26.6 Å².